The predicted octanol–water partition coefficient (Wildman–Crippen LogP) is 4.88. The summed E-state index contributed by atoms with van der Waals surface area (Å²) in [5.41, 5.74) is 0.179. The number of hydrogen-bond acceptors (Lipinski definition) is 5. The Morgan fingerprint density at radius 1 is 1.14 bits per heavy atom. The molecule has 200 valence electrons. The lowest BCUT2D eigenvalue weighted by Crippen LogP contribution is -2.39. The van der Waals surface area contributed by atoms with Crippen LogP contribution >= 0.6 is 0 Å². The van der Waals surface area contributed by atoms with Crippen molar-refractivity contribution in [3.63, 3.8) is 0 Å². The third kappa shape index (κ3) is 5.27. The number of halogens is 4. The number of morpholine rings is 1. The molecule has 0 unspecified atom stereocenters. The van der Waals surface area contributed by atoms with E-state index < -0.39 is 35.6 Å². The fourth-order valence-electron chi connectivity index (χ4n) is 5.58. The zero-order chi connectivity index (χ0) is 26.3. The number of likely N-dealkylation sites (tertiary alicyclic amines) is 1. The lowest BCUT2D eigenvalue weighted by atomic mass is 10.0. The van der Waals surface area contributed by atoms with Crippen molar-refractivity contribution in [3.8, 4) is 0 Å². The van der Waals surface area contributed by atoms with Crippen LogP contribution in [0, 0.1) is 11.6 Å². The number of nitrogens with one attached hydrogen (secondary N) is 2. The maximum absolute atomic E-state index is 15.4. The predicted molar refractivity (Wildman–Crippen MR) is 133 cm³/mol. The Morgan fingerprint density at radius 3 is 2.51 bits per heavy atom. The summed E-state index contributed by atoms with van der Waals surface area (Å²) in [5, 5.41) is 6.09. The summed E-state index contributed by atoms with van der Waals surface area (Å²) < 4.78 is 62.2. The minimum absolute atomic E-state index is 0.0349. The Labute approximate surface area is 214 Å². The molecule has 1 amide bonds. The number of piperidine rings is 1. The maximum atomic E-state index is 15.4. The summed E-state index contributed by atoms with van der Waals surface area (Å²) >= 11 is 0. The molecule has 3 aliphatic rings. The van der Waals surface area contributed by atoms with E-state index in [1.54, 1.807) is 6.07 Å². The molecule has 0 spiro atoms. The summed E-state index contributed by atoms with van der Waals surface area (Å²) in [6, 6.07) is 5.89. The molecule has 2 N–H and O–H groups in total. The van der Waals surface area contributed by atoms with Gasteiger partial charge >= 0.3 is 0 Å². The first kappa shape index (κ1) is 25.8. The van der Waals surface area contributed by atoms with Gasteiger partial charge in [0.1, 0.15) is 11.6 Å². The van der Waals surface area contributed by atoms with E-state index in [4.69, 9.17) is 4.74 Å². The highest BCUT2D eigenvalue weighted by Gasteiger charge is 2.40. The van der Waals surface area contributed by atoms with Crippen LogP contribution in [0.15, 0.2) is 30.3 Å². The minimum atomic E-state index is -2.97. The zero-order valence-electron chi connectivity index (χ0n) is 20.9. The van der Waals surface area contributed by atoms with Crippen LogP contribution < -0.4 is 15.5 Å². The van der Waals surface area contributed by atoms with E-state index in [0.717, 1.165) is 38.4 Å². The largest absolute Gasteiger partial charge is 0.381 e. The van der Waals surface area contributed by atoms with E-state index in [1.165, 1.54) is 25.1 Å². The van der Waals surface area contributed by atoms with E-state index in [-0.39, 0.29) is 29.3 Å². The summed E-state index contributed by atoms with van der Waals surface area (Å²) in [6.07, 6.45) is -0.420. The van der Waals surface area contributed by atoms with Gasteiger partial charge in [-0.2, -0.15) is 0 Å². The van der Waals surface area contributed by atoms with Gasteiger partial charge in [0.2, 0.25) is 0 Å². The second-order valence-corrected chi connectivity index (χ2v) is 10.3. The number of fused-ring (bicyclic) bond motifs is 2. The summed E-state index contributed by atoms with van der Waals surface area (Å²) in [7, 11) is 2.04. The third-order valence-corrected chi connectivity index (χ3v) is 7.73. The minimum Gasteiger partial charge on any atom is -0.381 e. The van der Waals surface area contributed by atoms with E-state index in [0.29, 0.717) is 24.5 Å². The van der Waals surface area contributed by atoms with Crippen LogP contribution in [0.25, 0.3) is 0 Å². The molecule has 0 radical (unpaired) electrons. The fourth-order valence-corrected chi connectivity index (χ4v) is 5.58. The van der Waals surface area contributed by atoms with Gasteiger partial charge in [-0.3, -0.25) is 4.79 Å². The van der Waals surface area contributed by atoms with Crippen molar-refractivity contribution < 1.29 is 27.1 Å². The number of rotatable bonds is 7. The van der Waals surface area contributed by atoms with Crippen molar-refractivity contribution >= 4 is 17.3 Å². The molecular weight excluding hydrogens is 488 g/mol. The van der Waals surface area contributed by atoms with Crippen LogP contribution in [0.2, 0.25) is 0 Å². The molecule has 0 aromatic heterocycles. The number of alkyl halides is 2. The SMILES string of the molecule is C[C@@H](NC(=O)c1cc(N2C[C@H]3C[C@@H]2CO3)c(F)cc1NC1CCN(C)CC1)c1cccc(C(F)F)c1F. The van der Waals surface area contributed by atoms with Crippen LogP contribution in [0.3, 0.4) is 0 Å². The molecule has 0 saturated carbocycles. The van der Waals surface area contributed by atoms with Gasteiger partial charge in [0.05, 0.1) is 47.3 Å². The van der Waals surface area contributed by atoms with Gasteiger partial charge in [-0.1, -0.05) is 18.2 Å². The van der Waals surface area contributed by atoms with Gasteiger partial charge in [-0.15, -0.1) is 0 Å². The number of amides is 1. The van der Waals surface area contributed by atoms with Gasteiger partial charge < -0.3 is 25.2 Å². The molecule has 2 aromatic rings. The average Bonchev–Trinajstić information content (AvgIpc) is 3.49. The van der Waals surface area contributed by atoms with Crippen LogP contribution in [0.5, 0.6) is 0 Å². The molecule has 5 rings (SSSR count). The van der Waals surface area contributed by atoms with Crippen LogP contribution in [-0.2, 0) is 4.74 Å². The quantitative estimate of drug-likeness (QED) is 0.510. The van der Waals surface area contributed by atoms with Gasteiger partial charge in [0, 0.05) is 18.2 Å². The van der Waals surface area contributed by atoms with Crippen LogP contribution in [0.1, 0.15) is 60.1 Å². The maximum Gasteiger partial charge on any atom is 0.266 e. The highest BCUT2D eigenvalue weighted by molar-refractivity contribution is 6.01. The van der Waals surface area contributed by atoms with Gasteiger partial charge in [0.15, 0.2) is 0 Å². The summed E-state index contributed by atoms with van der Waals surface area (Å²) in [6.45, 7) is 4.36. The first-order valence-electron chi connectivity index (χ1n) is 12.8. The molecule has 2 bridgehead atoms. The highest BCUT2D eigenvalue weighted by atomic mass is 19.3. The van der Waals surface area contributed by atoms with E-state index in [2.05, 4.69) is 15.5 Å². The van der Waals surface area contributed by atoms with E-state index >= 15 is 4.39 Å². The molecule has 3 atom stereocenters. The normalized spacial score (nSPS) is 23.1. The van der Waals surface area contributed by atoms with Crippen molar-refractivity contribution in [2.24, 2.45) is 0 Å². The number of carbonyl (C=O) groups excluding carboxylic acids is 1. The average molecular weight is 521 g/mol. The third-order valence-electron chi connectivity index (χ3n) is 7.73. The molecule has 3 heterocycles. The number of hydrogen-bond donors (Lipinski definition) is 2. The van der Waals surface area contributed by atoms with Crippen molar-refractivity contribution in [2.45, 2.75) is 56.8 Å². The van der Waals surface area contributed by atoms with Gasteiger partial charge in [-0.05, 0) is 58.5 Å². The Hall–Kier alpha value is -2.85. The first-order chi connectivity index (χ1) is 17.7. The van der Waals surface area contributed by atoms with Crippen molar-refractivity contribution in [1.29, 1.82) is 0 Å². The van der Waals surface area contributed by atoms with E-state index in [9.17, 15) is 18.0 Å². The molecule has 10 heteroatoms. The number of ether oxygens (including phenoxy) is 1. The lowest BCUT2D eigenvalue weighted by Gasteiger charge is -2.32. The van der Waals surface area contributed by atoms with Crippen molar-refractivity contribution in [2.75, 3.05) is 43.5 Å². The monoisotopic (exact) mass is 520 g/mol. The summed E-state index contributed by atoms with van der Waals surface area (Å²) in [4.78, 5) is 17.7. The summed E-state index contributed by atoms with van der Waals surface area (Å²) in [5.74, 6) is -2.00. The topological polar surface area (TPSA) is 56.8 Å². The van der Waals surface area contributed by atoms with Crippen molar-refractivity contribution in [3.05, 3.63) is 58.7 Å². The Balaban J connectivity index is 1.44. The molecule has 2 aromatic carbocycles. The molecule has 3 fully saturated rings. The molecule has 3 saturated heterocycles. The number of carbonyl (C=O) groups is 1. The number of nitrogens with zero attached hydrogens (tertiary/aromatic N) is 2. The Kier molecular flexibility index (Phi) is 7.31. The van der Waals surface area contributed by atoms with Crippen LogP contribution in [0.4, 0.5) is 28.9 Å². The zero-order valence-corrected chi connectivity index (χ0v) is 20.9. The smallest absolute Gasteiger partial charge is 0.266 e. The van der Waals surface area contributed by atoms with Crippen molar-refractivity contribution in [1.82, 2.24) is 10.2 Å². The number of benzene rings is 2. The van der Waals surface area contributed by atoms with E-state index in [1.807, 2.05) is 11.9 Å². The van der Waals surface area contributed by atoms with Gasteiger partial charge in [-0.25, -0.2) is 17.6 Å². The lowest BCUT2D eigenvalue weighted by molar-refractivity contribution is 0.0940. The Morgan fingerprint density at radius 2 is 1.86 bits per heavy atom. The molecule has 6 nitrogen and oxygen atoms in total. The molecule has 3 aliphatic heterocycles. The van der Waals surface area contributed by atoms with Gasteiger partial charge in [0.25, 0.3) is 12.3 Å². The molecule has 37 heavy (non-hydrogen) atoms. The first-order valence-corrected chi connectivity index (χ1v) is 12.8. The Bertz CT molecular complexity index is 1160. The second kappa shape index (κ2) is 10.5. The fraction of sp³-hybridized carbons (Fsp3) is 0.519. The highest BCUT2D eigenvalue weighted by Crippen LogP contribution is 2.37. The molecule has 0 aliphatic carbocycles. The second-order valence-electron chi connectivity index (χ2n) is 10.3. The standard InChI is InChI=1S/C27H32F4N4O2/c1-15(19-4-3-5-20(25(19)29)26(30)31)32-27(36)21-11-24(35-13-18-10-17(35)14-37-18)22(28)12-23(21)33-16-6-8-34(2)9-7-16/h3-5,11-12,15-18,26,33H,6-10,13-14H2,1-2H3,(H,32,36)/t15-,17-,18-/m1/s1. The molecular formula is C27H32F4N4O2. The number of anilines is 2. The van der Waals surface area contributed by atoms with Crippen LogP contribution in [-0.4, -0.2) is 62.3 Å².